The first-order chi connectivity index (χ1) is 8.33. The van der Waals surface area contributed by atoms with E-state index in [-0.39, 0.29) is 0 Å². The van der Waals surface area contributed by atoms with Crippen molar-refractivity contribution in [2.45, 2.75) is 31.7 Å². The van der Waals surface area contributed by atoms with Crippen molar-refractivity contribution in [1.29, 1.82) is 0 Å². The van der Waals surface area contributed by atoms with Crippen LogP contribution >= 0.6 is 15.9 Å². The van der Waals surface area contributed by atoms with Crippen LogP contribution in [0.5, 0.6) is 11.5 Å². The summed E-state index contributed by atoms with van der Waals surface area (Å²) in [5, 5.41) is 3.57. The third kappa shape index (κ3) is 2.43. The first-order valence-electron chi connectivity index (χ1n) is 6.14. The monoisotopic (exact) mass is 297 g/mol. The number of benzene rings is 1. The molecule has 4 heteroatoms. The minimum atomic E-state index is 0.344. The zero-order chi connectivity index (χ0) is 11.7. The molecule has 1 atom stereocenters. The van der Waals surface area contributed by atoms with Crippen LogP contribution in [0.15, 0.2) is 16.6 Å². The van der Waals surface area contributed by atoms with Crippen LogP contribution in [0, 0.1) is 0 Å². The second-order valence-corrected chi connectivity index (χ2v) is 5.57. The number of ether oxygens (including phenoxy) is 2. The van der Waals surface area contributed by atoms with Gasteiger partial charge in [-0.15, -0.1) is 0 Å². The van der Waals surface area contributed by atoms with Gasteiger partial charge >= 0.3 is 0 Å². The molecule has 0 aromatic heterocycles. The van der Waals surface area contributed by atoms with Crippen LogP contribution in [0.1, 0.15) is 24.8 Å². The van der Waals surface area contributed by atoms with Crippen LogP contribution in [-0.4, -0.2) is 19.4 Å². The number of piperidine rings is 1. The quantitative estimate of drug-likeness (QED) is 0.910. The van der Waals surface area contributed by atoms with Crippen LogP contribution in [0.2, 0.25) is 0 Å². The van der Waals surface area contributed by atoms with Crippen molar-refractivity contribution in [3.63, 3.8) is 0 Å². The van der Waals surface area contributed by atoms with Crippen molar-refractivity contribution in [3.8, 4) is 11.5 Å². The molecule has 1 fully saturated rings. The van der Waals surface area contributed by atoms with Gasteiger partial charge in [0.2, 0.25) is 6.79 Å². The van der Waals surface area contributed by atoms with Crippen LogP contribution in [0.4, 0.5) is 0 Å². The molecule has 1 aromatic rings. The number of nitrogens with one attached hydrogen (secondary N) is 1. The Morgan fingerprint density at radius 2 is 2.24 bits per heavy atom. The van der Waals surface area contributed by atoms with E-state index < -0.39 is 0 Å². The molecule has 0 saturated carbocycles. The second-order valence-electron chi connectivity index (χ2n) is 4.65. The highest BCUT2D eigenvalue weighted by molar-refractivity contribution is 9.10. The molecule has 0 spiro atoms. The highest BCUT2D eigenvalue weighted by Gasteiger charge is 2.22. The lowest BCUT2D eigenvalue weighted by Gasteiger charge is -2.23. The zero-order valence-electron chi connectivity index (χ0n) is 9.67. The Bertz CT molecular complexity index is 416. The Morgan fingerprint density at radius 1 is 1.29 bits per heavy atom. The summed E-state index contributed by atoms with van der Waals surface area (Å²) in [5.41, 5.74) is 1.24. The third-order valence-corrected chi connectivity index (χ3v) is 3.85. The predicted molar refractivity (Wildman–Crippen MR) is 69.6 cm³/mol. The van der Waals surface area contributed by atoms with E-state index in [0.29, 0.717) is 12.8 Å². The van der Waals surface area contributed by atoms with Crippen molar-refractivity contribution in [1.82, 2.24) is 5.32 Å². The van der Waals surface area contributed by atoms with E-state index in [1.54, 1.807) is 0 Å². The van der Waals surface area contributed by atoms with Gasteiger partial charge in [0, 0.05) is 16.1 Å². The number of fused-ring (bicyclic) bond motifs is 1. The molecule has 2 aliphatic rings. The highest BCUT2D eigenvalue weighted by atomic mass is 79.9. The largest absolute Gasteiger partial charge is 0.454 e. The third-order valence-electron chi connectivity index (χ3n) is 3.39. The lowest BCUT2D eigenvalue weighted by atomic mass is 9.97. The molecule has 3 rings (SSSR count). The molecule has 0 aliphatic carbocycles. The van der Waals surface area contributed by atoms with Crippen molar-refractivity contribution in [3.05, 3.63) is 22.2 Å². The van der Waals surface area contributed by atoms with Crippen molar-refractivity contribution < 1.29 is 9.47 Å². The van der Waals surface area contributed by atoms with Crippen LogP contribution in [-0.2, 0) is 6.42 Å². The average molecular weight is 298 g/mol. The van der Waals surface area contributed by atoms with E-state index in [9.17, 15) is 0 Å². The molecule has 0 bridgehead atoms. The van der Waals surface area contributed by atoms with Gasteiger partial charge in [0.25, 0.3) is 0 Å². The molecular weight excluding hydrogens is 282 g/mol. The van der Waals surface area contributed by atoms with Crippen LogP contribution in [0.25, 0.3) is 0 Å². The summed E-state index contributed by atoms with van der Waals surface area (Å²) in [7, 11) is 0. The molecule has 1 unspecified atom stereocenters. The maximum atomic E-state index is 5.56. The normalized spacial score (nSPS) is 22.8. The van der Waals surface area contributed by atoms with Crippen LogP contribution in [0.3, 0.4) is 0 Å². The maximum absolute atomic E-state index is 5.56. The Balaban J connectivity index is 1.82. The smallest absolute Gasteiger partial charge is 0.231 e. The first-order valence-corrected chi connectivity index (χ1v) is 6.93. The van der Waals surface area contributed by atoms with Gasteiger partial charge < -0.3 is 14.8 Å². The predicted octanol–water partition coefficient (Wildman–Crippen LogP) is 2.86. The van der Waals surface area contributed by atoms with E-state index in [1.165, 1.54) is 24.8 Å². The fourth-order valence-electron chi connectivity index (χ4n) is 2.56. The molecule has 17 heavy (non-hydrogen) atoms. The molecule has 1 N–H and O–H groups in total. The lowest BCUT2D eigenvalue weighted by Crippen LogP contribution is -2.35. The molecule has 1 saturated heterocycles. The van der Waals surface area contributed by atoms with Gasteiger partial charge in [0.15, 0.2) is 11.5 Å². The molecular formula is C13H16BrNO2. The lowest BCUT2D eigenvalue weighted by molar-refractivity contribution is 0.173. The topological polar surface area (TPSA) is 30.5 Å². The van der Waals surface area contributed by atoms with Crippen molar-refractivity contribution in [2.75, 3.05) is 13.3 Å². The summed E-state index contributed by atoms with van der Waals surface area (Å²) in [5.74, 6) is 1.80. The number of hydrogen-bond donors (Lipinski definition) is 1. The highest BCUT2D eigenvalue weighted by Crippen LogP contribution is 2.39. The fourth-order valence-corrected chi connectivity index (χ4v) is 3.05. The Labute approximate surface area is 110 Å². The Hall–Kier alpha value is -0.740. The van der Waals surface area contributed by atoms with Gasteiger partial charge in [-0.3, -0.25) is 0 Å². The minimum Gasteiger partial charge on any atom is -0.454 e. The summed E-state index contributed by atoms with van der Waals surface area (Å²) in [6.07, 6.45) is 4.89. The maximum Gasteiger partial charge on any atom is 0.231 e. The average Bonchev–Trinajstić information content (AvgIpc) is 2.78. The molecule has 1 aromatic carbocycles. The van der Waals surface area contributed by atoms with Gasteiger partial charge in [-0.05, 0) is 37.9 Å². The van der Waals surface area contributed by atoms with E-state index >= 15 is 0 Å². The SMILES string of the molecule is Brc1cc(CC2CCCCN2)c2c(c1)OCO2. The standard InChI is InChI=1S/C13H16BrNO2/c14-10-5-9(6-11-3-1-2-4-15-11)13-12(7-10)16-8-17-13/h5,7,11,15H,1-4,6,8H2. The fraction of sp³-hybridized carbons (Fsp3) is 0.538. The van der Waals surface area contributed by atoms with Gasteiger partial charge in [-0.25, -0.2) is 0 Å². The number of rotatable bonds is 2. The number of hydrogen-bond acceptors (Lipinski definition) is 3. The minimum absolute atomic E-state index is 0.344. The van der Waals surface area contributed by atoms with E-state index in [2.05, 4.69) is 27.3 Å². The van der Waals surface area contributed by atoms with Gasteiger partial charge in [-0.2, -0.15) is 0 Å². The summed E-state index contributed by atoms with van der Waals surface area (Å²) < 4.78 is 12.1. The summed E-state index contributed by atoms with van der Waals surface area (Å²) in [6.45, 7) is 1.48. The van der Waals surface area contributed by atoms with Gasteiger partial charge in [0.05, 0.1) is 0 Å². The Morgan fingerprint density at radius 3 is 3.06 bits per heavy atom. The van der Waals surface area contributed by atoms with E-state index in [1.807, 2.05) is 6.07 Å². The number of halogens is 1. The Kier molecular flexibility index (Phi) is 3.25. The van der Waals surface area contributed by atoms with E-state index in [4.69, 9.17) is 9.47 Å². The molecule has 92 valence electrons. The summed E-state index contributed by atoms with van der Waals surface area (Å²) in [6, 6.07) is 4.69. The molecule has 0 radical (unpaired) electrons. The zero-order valence-corrected chi connectivity index (χ0v) is 11.3. The molecule has 2 aliphatic heterocycles. The molecule has 3 nitrogen and oxygen atoms in total. The van der Waals surface area contributed by atoms with Crippen LogP contribution < -0.4 is 14.8 Å². The van der Waals surface area contributed by atoms with Crippen molar-refractivity contribution in [2.24, 2.45) is 0 Å². The summed E-state index contributed by atoms with van der Waals surface area (Å²) in [4.78, 5) is 0. The van der Waals surface area contributed by atoms with Crippen molar-refractivity contribution >= 4 is 15.9 Å². The molecule has 0 amide bonds. The van der Waals surface area contributed by atoms with E-state index in [0.717, 1.165) is 28.9 Å². The second kappa shape index (κ2) is 4.86. The molecule has 2 heterocycles. The summed E-state index contributed by atoms with van der Waals surface area (Å²) >= 11 is 3.52. The first kappa shape index (κ1) is 11.4. The van der Waals surface area contributed by atoms with Gasteiger partial charge in [-0.1, -0.05) is 22.4 Å². The van der Waals surface area contributed by atoms with Gasteiger partial charge in [0.1, 0.15) is 0 Å².